The molecule has 0 fully saturated rings. The van der Waals surface area contributed by atoms with Crippen molar-refractivity contribution in [1.29, 1.82) is 5.26 Å². The zero-order valence-corrected chi connectivity index (χ0v) is 13.7. The molecule has 24 heavy (non-hydrogen) atoms. The second-order valence-corrected chi connectivity index (χ2v) is 5.24. The number of amides is 1. The van der Waals surface area contributed by atoms with Gasteiger partial charge in [0, 0.05) is 12.7 Å². The van der Waals surface area contributed by atoms with Crippen LogP contribution in [0.25, 0.3) is 0 Å². The normalized spacial score (nSPS) is 11.2. The lowest BCUT2D eigenvalue weighted by atomic mass is 10.1. The van der Waals surface area contributed by atoms with Crippen molar-refractivity contribution in [2.24, 2.45) is 0 Å². The number of aromatic nitrogens is 1. The smallest absolute Gasteiger partial charge is 0.265 e. The highest BCUT2D eigenvalue weighted by Crippen LogP contribution is 2.23. The predicted octanol–water partition coefficient (Wildman–Crippen LogP) is 3.18. The number of hydrogen-bond donors (Lipinski definition) is 2. The van der Waals surface area contributed by atoms with Crippen molar-refractivity contribution in [2.45, 2.75) is 26.4 Å². The van der Waals surface area contributed by atoms with Gasteiger partial charge in [-0.1, -0.05) is 6.92 Å². The Bertz CT molecular complexity index is 726. The van der Waals surface area contributed by atoms with Crippen LogP contribution in [0.4, 0.5) is 11.4 Å². The Morgan fingerprint density at radius 3 is 2.88 bits per heavy atom. The van der Waals surface area contributed by atoms with Crippen molar-refractivity contribution in [3.8, 4) is 11.8 Å². The fraction of sp³-hybridized carbons (Fsp3) is 0.278. The van der Waals surface area contributed by atoms with E-state index in [1.54, 1.807) is 49.6 Å². The number of pyridine rings is 1. The second kappa shape index (κ2) is 8.53. The molecule has 0 spiro atoms. The van der Waals surface area contributed by atoms with Crippen molar-refractivity contribution < 1.29 is 9.53 Å². The maximum Gasteiger partial charge on any atom is 0.265 e. The lowest BCUT2D eigenvalue weighted by Crippen LogP contribution is -2.30. The van der Waals surface area contributed by atoms with Gasteiger partial charge in [-0.15, -0.1) is 0 Å². The van der Waals surface area contributed by atoms with Crippen LogP contribution in [-0.4, -0.2) is 23.5 Å². The first-order valence-electron chi connectivity index (χ1n) is 7.79. The summed E-state index contributed by atoms with van der Waals surface area (Å²) in [6, 6.07) is 10.7. The Hall–Kier alpha value is -3.07. The van der Waals surface area contributed by atoms with Gasteiger partial charge in [0.25, 0.3) is 5.91 Å². The highest BCUT2D eigenvalue weighted by molar-refractivity contribution is 5.97. The number of benzene rings is 1. The maximum atomic E-state index is 12.4. The van der Waals surface area contributed by atoms with Crippen LogP contribution < -0.4 is 15.4 Å². The summed E-state index contributed by atoms with van der Waals surface area (Å²) >= 11 is 0. The molecule has 2 N–H and O–H groups in total. The van der Waals surface area contributed by atoms with Gasteiger partial charge in [-0.2, -0.15) is 5.26 Å². The molecule has 0 saturated heterocycles. The molecule has 1 atom stereocenters. The number of carbonyl (C=O) groups is 1. The molecule has 0 aliphatic carbocycles. The number of anilines is 2. The van der Waals surface area contributed by atoms with E-state index in [1.165, 1.54) is 0 Å². The SMILES string of the molecule is CCCNc1ccc(C#N)cc1NC(=O)C(C)Oc1cccnc1. The van der Waals surface area contributed by atoms with Gasteiger partial charge in [-0.25, -0.2) is 0 Å². The lowest BCUT2D eigenvalue weighted by Gasteiger charge is -2.17. The van der Waals surface area contributed by atoms with Crippen LogP contribution in [0.2, 0.25) is 0 Å². The van der Waals surface area contributed by atoms with E-state index in [4.69, 9.17) is 10.00 Å². The quantitative estimate of drug-likeness (QED) is 0.817. The van der Waals surface area contributed by atoms with E-state index < -0.39 is 6.10 Å². The molecule has 0 radical (unpaired) electrons. The Morgan fingerprint density at radius 2 is 2.21 bits per heavy atom. The number of nitriles is 1. The number of hydrogen-bond acceptors (Lipinski definition) is 5. The predicted molar refractivity (Wildman–Crippen MR) is 92.9 cm³/mol. The molecule has 0 aliphatic heterocycles. The van der Waals surface area contributed by atoms with Crippen LogP contribution in [0, 0.1) is 11.3 Å². The molecule has 1 amide bonds. The number of nitrogens with zero attached hydrogens (tertiary/aromatic N) is 2. The van der Waals surface area contributed by atoms with E-state index >= 15 is 0 Å². The van der Waals surface area contributed by atoms with Crippen LogP contribution in [0.3, 0.4) is 0 Å². The van der Waals surface area contributed by atoms with Crippen LogP contribution in [0.1, 0.15) is 25.8 Å². The fourth-order valence-corrected chi connectivity index (χ4v) is 2.04. The van der Waals surface area contributed by atoms with Gasteiger partial charge in [0.15, 0.2) is 6.10 Å². The number of carbonyl (C=O) groups excluding carboxylic acids is 1. The maximum absolute atomic E-state index is 12.4. The molecule has 1 heterocycles. The van der Waals surface area contributed by atoms with Gasteiger partial charge in [0.2, 0.25) is 0 Å². The third-order valence-electron chi connectivity index (χ3n) is 3.29. The van der Waals surface area contributed by atoms with E-state index in [1.807, 2.05) is 0 Å². The first-order valence-corrected chi connectivity index (χ1v) is 7.79. The molecule has 1 unspecified atom stereocenters. The summed E-state index contributed by atoms with van der Waals surface area (Å²) in [6.07, 6.45) is 3.44. The first kappa shape index (κ1) is 17.3. The van der Waals surface area contributed by atoms with E-state index in [-0.39, 0.29) is 5.91 Å². The fourth-order valence-electron chi connectivity index (χ4n) is 2.04. The average molecular weight is 324 g/mol. The number of rotatable bonds is 7. The molecule has 0 saturated carbocycles. The van der Waals surface area contributed by atoms with Gasteiger partial charge >= 0.3 is 0 Å². The molecule has 2 aromatic rings. The summed E-state index contributed by atoms with van der Waals surface area (Å²) in [6.45, 7) is 4.49. The highest BCUT2D eigenvalue weighted by Gasteiger charge is 2.16. The summed E-state index contributed by atoms with van der Waals surface area (Å²) in [5.41, 5.74) is 1.82. The minimum absolute atomic E-state index is 0.298. The Balaban J connectivity index is 2.10. The van der Waals surface area contributed by atoms with Crippen molar-refractivity contribution in [3.63, 3.8) is 0 Å². The summed E-state index contributed by atoms with van der Waals surface area (Å²) < 4.78 is 5.57. The first-order chi connectivity index (χ1) is 11.6. The van der Waals surface area contributed by atoms with Crippen LogP contribution in [-0.2, 0) is 4.79 Å². The monoisotopic (exact) mass is 324 g/mol. The summed E-state index contributed by atoms with van der Waals surface area (Å²) in [5, 5.41) is 15.1. The van der Waals surface area contributed by atoms with Crippen LogP contribution >= 0.6 is 0 Å². The Labute approximate surface area is 141 Å². The van der Waals surface area contributed by atoms with Crippen LogP contribution in [0.15, 0.2) is 42.7 Å². The second-order valence-electron chi connectivity index (χ2n) is 5.24. The van der Waals surface area contributed by atoms with Crippen molar-refractivity contribution in [3.05, 3.63) is 48.3 Å². The van der Waals surface area contributed by atoms with Gasteiger partial charge in [-0.05, 0) is 43.7 Å². The largest absolute Gasteiger partial charge is 0.479 e. The van der Waals surface area contributed by atoms with Gasteiger partial charge in [0.1, 0.15) is 5.75 Å². The molecule has 2 rings (SSSR count). The number of nitrogens with one attached hydrogen (secondary N) is 2. The summed E-state index contributed by atoms with van der Waals surface area (Å²) in [4.78, 5) is 16.3. The molecule has 1 aromatic carbocycles. The van der Waals surface area contributed by atoms with E-state index in [0.29, 0.717) is 17.0 Å². The van der Waals surface area contributed by atoms with Gasteiger partial charge in [-0.3, -0.25) is 9.78 Å². The molecule has 6 nitrogen and oxygen atoms in total. The van der Waals surface area contributed by atoms with Gasteiger partial charge in [0.05, 0.1) is 29.2 Å². The van der Waals surface area contributed by atoms with E-state index in [0.717, 1.165) is 18.7 Å². The Morgan fingerprint density at radius 1 is 1.38 bits per heavy atom. The molecular formula is C18H20N4O2. The molecule has 0 bridgehead atoms. The third-order valence-corrected chi connectivity index (χ3v) is 3.29. The van der Waals surface area contributed by atoms with E-state index in [2.05, 4.69) is 28.6 Å². The summed E-state index contributed by atoms with van der Waals surface area (Å²) in [7, 11) is 0. The topological polar surface area (TPSA) is 87.0 Å². The van der Waals surface area contributed by atoms with Crippen molar-refractivity contribution in [2.75, 3.05) is 17.2 Å². The summed E-state index contributed by atoms with van der Waals surface area (Å²) in [5.74, 6) is 0.226. The standard InChI is InChI=1S/C18H20N4O2/c1-3-8-21-16-7-6-14(11-19)10-17(16)22-18(23)13(2)24-15-5-4-9-20-12-15/h4-7,9-10,12-13,21H,3,8H2,1-2H3,(H,22,23). The zero-order chi connectivity index (χ0) is 17.4. The molecule has 124 valence electrons. The number of ether oxygens (including phenoxy) is 1. The Kier molecular flexibility index (Phi) is 6.15. The van der Waals surface area contributed by atoms with Crippen molar-refractivity contribution >= 4 is 17.3 Å². The third kappa shape index (κ3) is 4.71. The lowest BCUT2D eigenvalue weighted by molar-refractivity contribution is -0.122. The zero-order valence-electron chi connectivity index (χ0n) is 13.7. The average Bonchev–Trinajstić information content (AvgIpc) is 2.61. The minimum atomic E-state index is -0.695. The van der Waals surface area contributed by atoms with Crippen molar-refractivity contribution in [1.82, 2.24) is 4.98 Å². The molecule has 6 heteroatoms. The molecule has 0 aliphatic rings. The highest BCUT2D eigenvalue weighted by atomic mass is 16.5. The molecule has 1 aromatic heterocycles. The minimum Gasteiger partial charge on any atom is -0.479 e. The van der Waals surface area contributed by atoms with Crippen LogP contribution in [0.5, 0.6) is 5.75 Å². The van der Waals surface area contributed by atoms with E-state index in [9.17, 15) is 4.79 Å². The molecular weight excluding hydrogens is 304 g/mol. The van der Waals surface area contributed by atoms with Gasteiger partial charge < -0.3 is 15.4 Å².